The summed E-state index contributed by atoms with van der Waals surface area (Å²) in [5.74, 6) is 0.153. The van der Waals surface area contributed by atoms with E-state index in [0.717, 1.165) is 37.6 Å². The third-order valence-electron chi connectivity index (χ3n) is 4.15. The van der Waals surface area contributed by atoms with Crippen LogP contribution >= 0.6 is 0 Å². The van der Waals surface area contributed by atoms with E-state index in [4.69, 9.17) is 5.11 Å². The van der Waals surface area contributed by atoms with Gasteiger partial charge in [-0.2, -0.15) is 0 Å². The Morgan fingerprint density at radius 3 is 2.62 bits per heavy atom. The predicted molar refractivity (Wildman–Crippen MR) is 82.4 cm³/mol. The first-order valence-electron chi connectivity index (χ1n) is 7.49. The lowest BCUT2D eigenvalue weighted by Crippen LogP contribution is -2.55. The highest BCUT2D eigenvalue weighted by Gasteiger charge is 2.29. The van der Waals surface area contributed by atoms with Crippen LogP contribution in [0.25, 0.3) is 0 Å². The van der Waals surface area contributed by atoms with Gasteiger partial charge in [-0.25, -0.2) is 0 Å². The molecular formula is C15H22N4O2. The number of aliphatic hydroxyl groups is 1. The number of hydrogen-bond donors (Lipinski definition) is 3. The van der Waals surface area contributed by atoms with Crippen LogP contribution < -0.4 is 10.6 Å². The number of nitrogens with one attached hydrogen (secondary N) is 2. The molecule has 1 fully saturated rings. The number of carbonyl (C=O) groups is 1. The van der Waals surface area contributed by atoms with Gasteiger partial charge in [0, 0.05) is 39.3 Å². The molecule has 3 N–H and O–H groups in total. The summed E-state index contributed by atoms with van der Waals surface area (Å²) in [4.78, 5) is 16.7. The van der Waals surface area contributed by atoms with Gasteiger partial charge in [0.05, 0.1) is 18.0 Å². The molecule has 0 aromatic heterocycles. The van der Waals surface area contributed by atoms with E-state index in [1.807, 2.05) is 29.2 Å². The van der Waals surface area contributed by atoms with Gasteiger partial charge in [-0.15, -0.1) is 0 Å². The summed E-state index contributed by atoms with van der Waals surface area (Å²) in [5.41, 5.74) is 2.04. The number of benzene rings is 1. The summed E-state index contributed by atoms with van der Waals surface area (Å²) < 4.78 is 0. The summed E-state index contributed by atoms with van der Waals surface area (Å²) in [5, 5.41) is 15.6. The quantitative estimate of drug-likeness (QED) is 0.733. The maximum Gasteiger partial charge on any atom is 0.246 e. The monoisotopic (exact) mass is 290 g/mol. The molecule has 1 unspecified atom stereocenters. The normalized spacial score (nSPS) is 22.1. The maximum absolute atomic E-state index is 12.6. The maximum atomic E-state index is 12.6. The number of piperazine rings is 1. The molecule has 1 amide bonds. The molecule has 1 aromatic carbocycles. The molecule has 0 saturated carbocycles. The highest BCUT2D eigenvalue weighted by molar-refractivity contribution is 5.88. The van der Waals surface area contributed by atoms with Crippen LogP contribution in [0.15, 0.2) is 24.3 Å². The largest absolute Gasteiger partial charge is 0.395 e. The molecule has 114 valence electrons. The van der Waals surface area contributed by atoms with Crippen molar-refractivity contribution in [3.63, 3.8) is 0 Å². The molecule has 2 aliphatic heterocycles. The SMILES string of the molecule is O=C(C1CNc2ccccc2N1)N1CCN(CCO)CC1. The van der Waals surface area contributed by atoms with Crippen molar-refractivity contribution >= 4 is 17.3 Å². The van der Waals surface area contributed by atoms with Crippen LogP contribution in [0.2, 0.25) is 0 Å². The lowest BCUT2D eigenvalue weighted by Gasteiger charge is -2.37. The fraction of sp³-hybridized carbons (Fsp3) is 0.533. The molecule has 1 aromatic rings. The fourth-order valence-corrected chi connectivity index (χ4v) is 2.92. The van der Waals surface area contributed by atoms with Crippen LogP contribution in [-0.4, -0.2) is 72.7 Å². The number of amides is 1. The van der Waals surface area contributed by atoms with Crippen molar-refractivity contribution in [3.8, 4) is 0 Å². The third kappa shape index (κ3) is 3.11. The molecule has 0 aliphatic carbocycles. The molecule has 0 bridgehead atoms. The Morgan fingerprint density at radius 2 is 1.90 bits per heavy atom. The van der Waals surface area contributed by atoms with Gasteiger partial charge in [0.2, 0.25) is 5.91 Å². The average molecular weight is 290 g/mol. The topological polar surface area (TPSA) is 67.8 Å². The molecule has 0 radical (unpaired) electrons. The zero-order chi connectivity index (χ0) is 14.7. The molecule has 2 heterocycles. The number of fused-ring (bicyclic) bond motifs is 1. The molecule has 1 saturated heterocycles. The first kappa shape index (κ1) is 14.2. The van der Waals surface area contributed by atoms with Crippen molar-refractivity contribution in [2.24, 2.45) is 0 Å². The summed E-state index contributed by atoms with van der Waals surface area (Å²) >= 11 is 0. The number of β-amino-alcohol motifs (C(OH)–C–C–N with tert-alkyl or cyclic N) is 1. The van der Waals surface area contributed by atoms with Gasteiger partial charge in [-0.3, -0.25) is 9.69 Å². The van der Waals surface area contributed by atoms with Gasteiger partial charge in [0.1, 0.15) is 6.04 Å². The van der Waals surface area contributed by atoms with Gasteiger partial charge >= 0.3 is 0 Å². The van der Waals surface area contributed by atoms with Crippen molar-refractivity contribution in [2.45, 2.75) is 6.04 Å². The molecule has 6 heteroatoms. The van der Waals surface area contributed by atoms with E-state index < -0.39 is 0 Å². The minimum absolute atomic E-state index is 0.153. The van der Waals surface area contributed by atoms with E-state index in [1.54, 1.807) is 0 Å². The number of hydrogen-bond acceptors (Lipinski definition) is 5. The van der Waals surface area contributed by atoms with E-state index in [0.29, 0.717) is 13.1 Å². The molecule has 6 nitrogen and oxygen atoms in total. The second-order valence-electron chi connectivity index (χ2n) is 5.51. The van der Waals surface area contributed by atoms with Crippen molar-refractivity contribution in [1.82, 2.24) is 9.80 Å². The Balaban J connectivity index is 1.57. The van der Waals surface area contributed by atoms with Crippen molar-refractivity contribution in [1.29, 1.82) is 0 Å². The van der Waals surface area contributed by atoms with Crippen molar-refractivity contribution in [3.05, 3.63) is 24.3 Å². The number of rotatable bonds is 3. The smallest absolute Gasteiger partial charge is 0.246 e. The standard InChI is InChI=1S/C15H22N4O2/c20-10-9-18-5-7-19(8-6-18)15(21)14-11-16-12-3-1-2-4-13(12)17-14/h1-4,14,16-17,20H,5-11H2. The lowest BCUT2D eigenvalue weighted by molar-refractivity contribution is -0.133. The van der Waals surface area contributed by atoms with Gasteiger partial charge in [-0.1, -0.05) is 12.1 Å². The van der Waals surface area contributed by atoms with E-state index in [-0.39, 0.29) is 18.6 Å². The van der Waals surface area contributed by atoms with Crippen LogP contribution in [0.4, 0.5) is 11.4 Å². The minimum atomic E-state index is -0.204. The lowest BCUT2D eigenvalue weighted by atomic mass is 10.1. The molecule has 2 aliphatic rings. The zero-order valence-corrected chi connectivity index (χ0v) is 12.1. The Labute approximate surface area is 124 Å². The van der Waals surface area contributed by atoms with Crippen LogP contribution in [0.3, 0.4) is 0 Å². The second kappa shape index (κ2) is 6.32. The Bertz CT molecular complexity index is 500. The summed E-state index contributed by atoms with van der Waals surface area (Å²) in [6.07, 6.45) is 0. The van der Waals surface area contributed by atoms with Crippen molar-refractivity contribution < 1.29 is 9.90 Å². The predicted octanol–water partition coefficient (Wildman–Crippen LogP) is 0.0291. The van der Waals surface area contributed by atoms with E-state index in [9.17, 15) is 4.79 Å². The zero-order valence-electron chi connectivity index (χ0n) is 12.1. The van der Waals surface area contributed by atoms with Gasteiger partial charge in [-0.05, 0) is 12.1 Å². The van der Waals surface area contributed by atoms with Crippen LogP contribution in [0.1, 0.15) is 0 Å². The third-order valence-corrected chi connectivity index (χ3v) is 4.15. The summed E-state index contributed by atoms with van der Waals surface area (Å²) in [6, 6.07) is 7.74. The van der Waals surface area contributed by atoms with Gasteiger partial charge in [0.25, 0.3) is 0 Å². The Morgan fingerprint density at radius 1 is 1.19 bits per heavy atom. The average Bonchev–Trinajstić information content (AvgIpc) is 2.55. The summed E-state index contributed by atoms with van der Waals surface area (Å²) in [7, 11) is 0. The number of carbonyl (C=O) groups excluding carboxylic acids is 1. The van der Waals surface area contributed by atoms with Gasteiger partial charge in [0.15, 0.2) is 0 Å². The first-order chi connectivity index (χ1) is 10.3. The second-order valence-corrected chi connectivity index (χ2v) is 5.51. The first-order valence-corrected chi connectivity index (χ1v) is 7.49. The highest BCUT2D eigenvalue weighted by atomic mass is 16.3. The Hall–Kier alpha value is -1.79. The van der Waals surface area contributed by atoms with Crippen LogP contribution in [0.5, 0.6) is 0 Å². The van der Waals surface area contributed by atoms with E-state index in [1.165, 1.54) is 0 Å². The number of nitrogens with zero attached hydrogens (tertiary/aromatic N) is 2. The van der Waals surface area contributed by atoms with E-state index >= 15 is 0 Å². The molecular weight excluding hydrogens is 268 g/mol. The molecule has 21 heavy (non-hydrogen) atoms. The van der Waals surface area contributed by atoms with Crippen LogP contribution in [0, 0.1) is 0 Å². The fourth-order valence-electron chi connectivity index (χ4n) is 2.92. The number of anilines is 2. The van der Waals surface area contributed by atoms with Gasteiger partial charge < -0.3 is 20.6 Å². The highest BCUT2D eigenvalue weighted by Crippen LogP contribution is 2.25. The molecule has 1 atom stereocenters. The minimum Gasteiger partial charge on any atom is -0.395 e. The number of para-hydroxylation sites is 2. The molecule has 0 spiro atoms. The van der Waals surface area contributed by atoms with Crippen molar-refractivity contribution in [2.75, 3.05) is 56.5 Å². The van der Waals surface area contributed by atoms with E-state index in [2.05, 4.69) is 15.5 Å². The molecule has 3 rings (SSSR count). The number of aliphatic hydroxyl groups excluding tert-OH is 1. The summed E-state index contributed by atoms with van der Waals surface area (Å²) in [6.45, 7) is 4.63. The van der Waals surface area contributed by atoms with Crippen LogP contribution in [-0.2, 0) is 4.79 Å². The Kier molecular flexibility index (Phi) is 4.26.